The van der Waals surface area contributed by atoms with Crippen LogP contribution in [-0.2, 0) is 7.05 Å². The molecule has 0 radical (unpaired) electrons. The van der Waals surface area contributed by atoms with Crippen molar-refractivity contribution in [1.82, 2.24) is 24.8 Å². The van der Waals surface area contributed by atoms with Gasteiger partial charge in [0.25, 0.3) is 0 Å². The highest BCUT2D eigenvalue weighted by Gasteiger charge is 2.27. The summed E-state index contributed by atoms with van der Waals surface area (Å²) in [5.41, 5.74) is 0. The minimum Gasteiger partial charge on any atom is -0.324 e. The van der Waals surface area contributed by atoms with E-state index in [9.17, 15) is 4.79 Å². The molecule has 0 bridgehead atoms. The molecule has 0 aliphatic carbocycles. The summed E-state index contributed by atoms with van der Waals surface area (Å²) >= 11 is 0. The van der Waals surface area contributed by atoms with E-state index in [-0.39, 0.29) is 6.03 Å². The van der Waals surface area contributed by atoms with Crippen molar-refractivity contribution in [3.05, 3.63) is 6.20 Å². The lowest BCUT2D eigenvalue weighted by Gasteiger charge is -2.22. The molecule has 2 heterocycles. The van der Waals surface area contributed by atoms with Crippen LogP contribution in [0.1, 0.15) is 20.3 Å². The van der Waals surface area contributed by atoms with E-state index in [0.29, 0.717) is 11.7 Å². The molecule has 1 unspecified atom stereocenters. The third kappa shape index (κ3) is 3.47. The molecule has 112 valence electrons. The summed E-state index contributed by atoms with van der Waals surface area (Å²) in [6, 6.07) is -0.0579. The van der Waals surface area contributed by atoms with Crippen molar-refractivity contribution in [2.24, 2.45) is 13.0 Å². The van der Waals surface area contributed by atoms with E-state index < -0.39 is 0 Å². The van der Waals surface area contributed by atoms with Gasteiger partial charge in [-0.15, -0.1) is 5.10 Å². The number of urea groups is 1. The Labute approximate surface area is 119 Å². The molecule has 7 nitrogen and oxygen atoms in total. The zero-order valence-electron chi connectivity index (χ0n) is 12.5. The van der Waals surface area contributed by atoms with Crippen LogP contribution in [0.5, 0.6) is 0 Å². The van der Waals surface area contributed by atoms with Gasteiger partial charge in [-0.2, -0.15) is 0 Å². The predicted octanol–water partition coefficient (Wildman–Crippen LogP) is 1.01. The number of aryl methyl sites for hydroxylation is 1. The molecule has 1 aliphatic heterocycles. The monoisotopic (exact) mass is 280 g/mol. The molecule has 1 N–H and O–H groups in total. The summed E-state index contributed by atoms with van der Waals surface area (Å²) in [6.07, 6.45) is 2.63. The molecular formula is C13H24N6O. The van der Waals surface area contributed by atoms with Gasteiger partial charge in [-0.3, -0.25) is 5.32 Å². The number of carbonyl (C=O) groups is 1. The lowest BCUT2D eigenvalue weighted by Crippen LogP contribution is -2.35. The lowest BCUT2D eigenvalue weighted by atomic mass is 10.1. The van der Waals surface area contributed by atoms with Crippen molar-refractivity contribution in [3.63, 3.8) is 0 Å². The van der Waals surface area contributed by atoms with Crippen LogP contribution in [0.15, 0.2) is 6.20 Å². The van der Waals surface area contributed by atoms with E-state index in [1.165, 1.54) is 0 Å². The van der Waals surface area contributed by atoms with Crippen molar-refractivity contribution >= 4 is 11.8 Å². The zero-order chi connectivity index (χ0) is 14.5. The number of anilines is 1. The summed E-state index contributed by atoms with van der Waals surface area (Å²) in [7, 11) is 1.76. The summed E-state index contributed by atoms with van der Waals surface area (Å²) in [5.74, 6) is 1.20. The standard InChI is InChI=1S/C13H24N6O/c1-4-18(5-2)9-11-6-7-19(10-11)13(20)15-12-8-14-16-17(12)3/h8,11H,4-7,9-10H2,1-3H3,(H,15,20). The minimum absolute atomic E-state index is 0.0579. The number of amides is 2. The van der Waals surface area contributed by atoms with Gasteiger partial charge in [0.2, 0.25) is 0 Å². The second-order valence-electron chi connectivity index (χ2n) is 5.26. The molecule has 1 atom stereocenters. The maximum atomic E-state index is 12.2. The molecule has 1 aromatic heterocycles. The van der Waals surface area contributed by atoms with E-state index in [4.69, 9.17) is 0 Å². The second-order valence-corrected chi connectivity index (χ2v) is 5.26. The van der Waals surface area contributed by atoms with E-state index in [1.807, 2.05) is 4.90 Å². The Kier molecular flexibility index (Phi) is 4.94. The number of rotatable bonds is 5. The average Bonchev–Trinajstić information content (AvgIpc) is 3.06. The number of hydrogen-bond acceptors (Lipinski definition) is 4. The van der Waals surface area contributed by atoms with Crippen molar-refractivity contribution in [2.45, 2.75) is 20.3 Å². The number of nitrogens with zero attached hydrogens (tertiary/aromatic N) is 5. The quantitative estimate of drug-likeness (QED) is 0.874. The van der Waals surface area contributed by atoms with Gasteiger partial charge in [0.1, 0.15) is 0 Å². The van der Waals surface area contributed by atoms with Crippen molar-refractivity contribution < 1.29 is 4.79 Å². The Hall–Kier alpha value is -1.63. The summed E-state index contributed by atoms with van der Waals surface area (Å²) in [6.45, 7) is 9.22. The van der Waals surface area contributed by atoms with Crippen molar-refractivity contribution in [1.29, 1.82) is 0 Å². The Morgan fingerprint density at radius 3 is 2.85 bits per heavy atom. The van der Waals surface area contributed by atoms with Gasteiger partial charge in [-0.1, -0.05) is 19.1 Å². The molecule has 7 heteroatoms. The Bertz CT molecular complexity index is 442. The fourth-order valence-electron chi connectivity index (χ4n) is 2.60. The first-order valence-corrected chi connectivity index (χ1v) is 7.27. The molecule has 0 saturated carbocycles. The normalized spacial score (nSPS) is 18.8. The first-order valence-electron chi connectivity index (χ1n) is 7.27. The van der Waals surface area contributed by atoms with Gasteiger partial charge < -0.3 is 9.80 Å². The molecule has 1 fully saturated rings. The van der Waals surface area contributed by atoms with Crippen molar-refractivity contribution in [2.75, 3.05) is 38.0 Å². The molecular weight excluding hydrogens is 256 g/mol. The molecule has 0 aromatic carbocycles. The predicted molar refractivity (Wildman–Crippen MR) is 77.5 cm³/mol. The summed E-state index contributed by atoms with van der Waals surface area (Å²) in [4.78, 5) is 16.5. The average molecular weight is 280 g/mol. The Morgan fingerprint density at radius 1 is 1.50 bits per heavy atom. The van der Waals surface area contributed by atoms with E-state index in [0.717, 1.165) is 39.1 Å². The van der Waals surface area contributed by atoms with Crippen LogP contribution in [-0.4, -0.2) is 63.5 Å². The van der Waals surface area contributed by atoms with Crippen molar-refractivity contribution in [3.8, 4) is 0 Å². The van der Waals surface area contributed by atoms with Crippen LogP contribution in [0, 0.1) is 5.92 Å². The molecule has 0 spiro atoms. The molecule has 1 aliphatic rings. The summed E-state index contributed by atoms with van der Waals surface area (Å²) < 4.78 is 1.56. The van der Waals surface area contributed by atoms with Crippen LogP contribution in [0.2, 0.25) is 0 Å². The van der Waals surface area contributed by atoms with E-state index in [2.05, 4.69) is 34.4 Å². The van der Waals surface area contributed by atoms with Crippen LogP contribution in [0.3, 0.4) is 0 Å². The highest BCUT2D eigenvalue weighted by Crippen LogP contribution is 2.18. The maximum absolute atomic E-state index is 12.2. The highest BCUT2D eigenvalue weighted by molar-refractivity contribution is 5.88. The number of aromatic nitrogens is 3. The van der Waals surface area contributed by atoms with Gasteiger partial charge in [0.05, 0.1) is 6.20 Å². The Balaban J connectivity index is 1.83. The zero-order valence-corrected chi connectivity index (χ0v) is 12.5. The van der Waals surface area contributed by atoms with E-state index in [1.54, 1.807) is 17.9 Å². The smallest absolute Gasteiger partial charge is 0.323 e. The van der Waals surface area contributed by atoms with Gasteiger partial charge in [0.15, 0.2) is 5.82 Å². The first-order chi connectivity index (χ1) is 9.63. The van der Waals surface area contributed by atoms with E-state index >= 15 is 0 Å². The first kappa shape index (κ1) is 14.8. The van der Waals surface area contributed by atoms with Crippen LogP contribution >= 0.6 is 0 Å². The maximum Gasteiger partial charge on any atom is 0.323 e. The molecule has 2 amide bonds. The second kappa shape index (κ2) is 6.69. The number of likely N-dealkylation sites (tertiary alicyclic amines) is 1. The minimum atomic E-state index is -0.0579. The third-order valence-corrected chi connectivity index (χ3v) is 3.93. The van der Waals surface area contributed by atoms with Gasteiger partial charge in [-0.05, 0) is 25.4 Å². The lowest BCUT2D eigenvalue weighted by molar-refractivity contribution is 0.215. The number of nitrogens with one attached hydrogen (secondary N) is 1. The fourth-order valence-corrected chi connectivity index (χ4v) is 2.60. The number of hydrogen-bond donors (Lipinski definition) is 1. The third-order valence-electron chi connectivity index (χ3n) is 3.93. The fraction of sp³-hybridized carbons (Fsp3) is 0.769. The Morgan fingerprint density at radius 2 is 2.25 bits per heavy atom. The molecule has 1 saturated heterocycles. The van der Waals surface area contributed by atoms with Crippen LogP contribution in [0.4, 0.5) is 10.6 Å². The summed E-state index contributed by atoms with van der Waals surface area (Å²) in [5, 5.41) is 10.4. The SMILES string of the molecule is CCN(CC)CC1CCN(C(=O)Nc2cnnn2C)C1. The molecule has 2 rings (SSSR count). The largest absolute Gasteiger partial charge is 0.324 e. The van der Waals surface area contributed by atoms with Gasteiger partial charge in [-0.25, -0.2) is 9.48 Å². The highest BCUT2D eigenvalue weighted by atomic mass is 16.2. The van der Waals surface area contributed by atoms with Crippen LogP contribution < -0.4 is 5.32 Å². The molecule has 1 aromatic rings. The van der Waals surface area contributed by atoms with Gasteiger partial charge in [0, 0.05) is 26.7 Å². The van der Waals surface area contributed by atoms with Crippen LogP contribution in [0.25, 0.3) is 0 Å². The van der Waals surface area contributed by atoms with Gasteiger partial charge >= 0.3 is 6.03 Å². The number of carbonyl (C=O) groups excluding carboxylic acids is 1. The molecule has 20 heavy (non-hydrogen) atoms. The topological polar surface area (TPSA) is 66.3 Å².